The number of ether oxygens (including phenoxy) is 1. The predicted molar refractivity (Wildman–Crippen MR) is 107 cm³/mol. The Balaban J connectivity index is 1.79. The lowest BCUT2D eigenvalue weighted by atomic mass is 10.3. The molecule has 1 amide bonds. The summed E-state index contributed by atoms with van der Waals surface area (Å²) in [6.07, 6.45) is 0. The van der Waals surface area contributed by atoms with Crippen LogP contribution in [-0.4, -0.2) is 41.5 Å². The minimum Gasteiger partial charge on any atom is -0.383 e. The summed E-state index contributed by atoms with van der Waals surface area (Å²) < 4.78 is 7.27. The molecule has 0 aliphatic rings. The van der Waals surface area contributed by atoms with Crippen molar-refractivity contribution < 1.29 is 9.53 Å². The number of benzene rings is 2. The molecule has 0 saturated carbocycles. The largest absolute Gasteiger partial charge is 0.383 e. The van der Waals surface area contributed by atoms with Gasteiger partial charge in [0.05, 0.1) is 29.5 Å². The fraction of sp³-hybridized carbons (Fsp3) is 0.250. The van der Waals surface area contributed by atoms with Crippen molar-refractivity contribution in [1.29, 1.82) is 5.26 Å². The van der Waals surface area contributed by atoms with Gasteiger partial charge in [0.2, 0.25) is 5.91 Å². The molecule has 0 spiro atoms. The topological polar surface area (TPSA) is 71.2 Å². The zero-order chi connectivity index (χ0) is 19.1. The van der Waals surface area contributed by atoms with Gasteiger partial charge >= 0.3 is 0 Å². The van der Waals surface area contributed by atoms with E-state index in [4.69, 9.17) is 10.00 Å². The molecule has 138 valence electrons. The van der Waals surface area contributed by atoms with Crippen LogP contribution in [0.4, 0.5) is 5.69 Å². The first-order valence-electron chi connectivity index (χ1n) is 8.54. The second kappa shape index (κ2) is 9.21. The summed E-state index contributed by atoms with van der Waals surface area (Å²) in [6, 6.07) is 19.2. The minimum atomic E-state index is -0.127. The highest BCUT2D eigenvalue weighted by molar-refractivity contribution is 7.99. The number of fused-ring (bicyclic) bond motifs is 1. The summed E-state index contributed by atoms with van der Waals surface area (Å²) in [6.45, 7) is 1.24. The zero-order valence-corrected chi connectivity index (χ0v) is 15.9. The number of hydrogen-bond donors (Lipinski definition) is 0. The van der Waals surface area contributed by atoms with Gasteiger partial charge in [-0.15, -0.1) is 0 Å². The van der Waals surface area contributed by atoms with Crippen LogP contribution >= 0.6 is 11.8 Å². The monoisotopic (exact) mass is 380 g/mol. The third-order valence-corrected chi connectivity index (χ3v) is 5.02. The number of nitriles is 1. The number of anilines is 1. The van der Waals surface area contributed by atoms with E-state index in [1.807, 2.05) is 54.6 Å². The molecule has 27 heavy (non-hydrogen) atoms. The molecule has 0 N–H and O–H groups in total. The van der Waals surface area contributed by atoms with Crippen molar-refractivity contribution in [2.75, 3.05) is 30.9 Å². The number of rotatable bonds is 8. The average molecular weight is 380 g/mol. The van der Waals surface area contributed by atoms with Gasteiger partial charge in [-0.25, -0.2) is 4.98 Å². The summed E-state index contributed by atoms with van der Waals surface area (Å²) in [5.41, 5.74) is 2.62. The van der Waals surface area contributed by atoms with Crippen molar-refractivity contribution in [2.24, 2.45) is 0 Å². The molecule has 6 nitrogen and oxygen atoms in total. The van der Waals surface area contributed by atoms with E-state index in [0.29, 0.717) is 13.2 Å². The fourth-order valence-electron chi connectivity index (χ4n) is 2.77. The molecule has 0 aliphatic heterocycles. The number of carbonyl (C=O) groups excluding carboxylic acids is 1. The molecule has 3 aromatic rings. The first kappa shape index (κ1) is 19.0. The maximum Gasteiger partial charge on any atom is 0.238 e. The van der Waals surface area contributed by atoms with Crippen molar-refractivity contribution >= 4 is 34.4 Å². The lowest BCUT2D eigenvalue weighted by Gasteiger charge is -2.19. The highest BCUT2D eigenvalue weighted by Crippen LogP contribution is 2.25. The number of nitrogens with zero attached hydrogens (tertiary/aromatic N) is 4. The Labute approximate surface area is 162 Å². The first-order chi connectivity index (χ1) is 13.2. The Hall–Kier alpha value is -2.82. The molecule has 0 saturated heterocycles. The van der Waals surface area contributed by atoms with Gasteiger partial charge < -0.3 is 9.30 Å². The maximum absolute atomic E-state index is 12.7. The van der Waals surface area contributed by atoms with Crippen molar-refractivity contribution in [3.05, 3.63) is 54.6 Å². The number of imidazole rings is 1. The number of thioether (sulfide) groups is 1. The van der Waals surface area contributed by atoms with Crippen LogP contribution in [0.15, 0.2) is 59.8 Å². The third-order valence-electron chi connectivity index (χ3n) is 4.06. The summed E-state index contributed by atoms with van der Waals surface area (Å²) in [7, 11) is 1.66. The van der Waals surface area contributed by atoms with Crippen LogP contribution in [0, 0.1) is 11.3 Å². The van der Waals surface area contributed by atoms with Crippen LogP contribution in [0.5, 0.6) is 0 Å². The fourth-order valence-corrected chi connectivity index (χ4v) is 3.69. The number of carbonyl (C=O) groups is 1. The highest BCUT2D eigenvalue weighted by Gasteiger charge is 2.18. The molecular formula is C20H20N4O2S. The summed E-state index contributed by atoms with van der Waals surface area (Å²) in [4.78, 5) is 18.9. The van der Waals surface area contributed by atoms with Crippen molar-refractivity contribution in [1.82, 2.24) is 9.55 Å². The Morgan fingerprint density at radius 3 is 2.70 bits per heavy atom. The Kier molecular flexibility index (Phi) is 6.47. The molecule has 1 aromatic heterocycles. The Morgan fingerprint density at radius 2 is 1.96 bits per heavy atom. The van der Waals surface area contributed by atoms with Crippen LogP contribution in [0.1, 0.15) is 0 Å². The van der Waals surface area contributed by atoms with Gasteiger partial charge in [-0.3, -0.25) is 9.69 Å². The molecule has 0 aliphatic carbocycles. The second-order valence-electron chi connectivity index (χ2n) is 5.79. The molecule has 7 heteroatoms. The van der Waals surface area contributed by atoms with E-state index in [-0.39, 0.29) is 18.2 Å². The number of amides is 1. The third kappa shape index (κ3) is 4.48. The van der Waals surface area contributed by atoms with Crippen molar-refractivity contribution in [2.45, 2.75) is 11.7 Å². The number of para-hydroxylation sites is 3. The van der Waals surface area contributed by atoms with E-state index in [9.17, 15) is 4.79 Å². The highest BCUT2D eigenvalue weighted by atomic mass is 32.2. The molecule has 0 fully saturated rings. The van der Waals surface area contributed by atoms with Gasteiger partial charge in [0.15, 0.2) is 5.16 Å². The zero-order valence-electron chi connectivity index (χ0n) is 15.0. The van der Waals surface area contributed by atoms with Gasteiger partial charge in [-0.1, -0.05) is 42.1 Å². The van der Waals surface area contributed by atoms with Gasteiger partial charge in [-0.05, 0) is 24.3 Å². The van der Waals surface area contributed by atoms with Crippen LogP contribution in [0.3, 0.4) is 0 Å². The van der Waals surface area contributed by atoms with Gasteiger partial charge in [0.1, 0.15) is 6.54 Å². The summed E-state index contributed by atoms with van der Waals surface area (Å²) in [5.74, 6) is 0.0745. The van der Waals surface area contributed by atoms with Gasteiger partial charge in [-0.2, -0.15) is 5.26 Å². The SMILES string of the molecule is COCCn1c(SCC(=O)N(CC#N)c2ccccc2)nc2ccccc21. The average Bonchev–Trinajstić information content (AvgIpc) is 3.06. The lowest BCUT2D eigenvalue weighted by Crippen LogP contribution is -2.32. The normalized spacial score (nSPS) is 10.7. The minimum absolute atomic E-state index is 0.0174. The van der Waals surface area contributed by atoms with Crippen LogP contribution < -0.4 is 4.90 Å². The van der Waals surface area contributed by atoms with E-state index >= 15 is 0 Å². The molecule has 0 radical (unpaired) electrons. The summed E-state index contributed by atoms with van der Waals surface area (Å²) >= 11 is 1.38. The number of methoxy groups -OCH3 is 1. The number of aromatic nitrogens is 2. The van der Waals surface area contributed by atoms with E-state index in [1.165, 1.54) is 16.7 Å². The van der Waals surface area contributed by atoms with Gasteiger partial charge in [0, 0.05) is 19.3 Å². The molecule has 2 aromatic carbocycles. The molecule has 0 bridgehead atoms. The van der Waals surface area contributed by atoms with Crippen molar-refractivity contribution in [3.63, 3.8) is 0 Å². The van der Waals surface area contributed by atoms with Crippen LogP contribution in [-0.2, 0) is 16.1 Å². The van der Waals surface area contributed by atoms with E-state index in [0.717, 1.165) is 21.9 Å². The smallest absolute Gasteiger partial charge is 0.238 e. The summed E-state index contributed by atoms with van der Waals surface area (Å²) in [5, 5.41) is 9.86. The Morgan fingerprint density at radius 1 is 1.22 bits per heavy atom. The predicted octanol–water partition coefficient (Wildman–Crippen LogP) is 3.33. The van der Waals surface area contributed by atoms with E-state index < -0.39 is 0 Å². The van der Waals surface area contributed by atoms with E-state index in [2.05, 4.69) is 15.6 Å². The van der Waals surface area contributed by atoms with Crippen molar-refractivity contribution in [3.8, 4) is 6.07 Å². The maximum atomic E-state index is 12.7. The molecular weight excluding hydrogens is 360 g/mol. The molecule has 1 heterocycles. The van der Waals surface area contributed by atoms with E-state index in [1.54, 1.807) is 7.11 Å². The Bertz CT molecular complexity index is 950. The number of hydrogen-bond acceptors (Lipinski definition) is 5. The molecule has 3 rings (SSSR count). The van der Waals surface area contributed by atoms with Crippen LogP contribution in [0.25, 0.3) is 11.0 Å². The standard InChI is InChI=1S/C20H20N4O2S/c1-26-14-13-24-18-10-6-5-9-17(18)22-20(24)27-15-19(25)23(12-11-21)16-7-3-2-4-8-16/h2-10H,12-15H2,1H3. The van der Waals surface area contributed by atoms with Gasteiger partial charge in [0.25, 0.3) is 0 Å². The molecule has 0 atom stereocenters. The lowest BCUT2D eigenvalue weighted by molar-refractivity contribution is -0.116. The first-order valence-corrected chi connectivity index (χ1v) is 9.52. The molecule has 0 unspecified atom stereocenters. The quantitative estimate of drug-likeness (QED) is 0.443. The second-order valence-corrected chi connectivity index (χ2v) is 6.73. The van der Waals surface area contributed by atoms with Crippen LogP contribution in [0.2, 0.25) is 0 Å².